The predicted octanol–water partition coefficient (Wildman–Crippen LogP) is 1.97. The number of hydrogen-bond acceptors (Lipinski definition) is 3. The summed E-state index contributed by atoms with van der Waals surface area (Å²) in [6.45, 7) is 2.32. The molecule has 17 heavy (non-hydrogen) atoms. The Kier molecular flexibility index (Phi) is 3.38. The van der Waals surface area contributed by atoms with Crippen molar-refractivity contribution < 1.29 is 22.0 Å². The summed E-state index contributed by atoms with van der Waals surface area (Å²) in [6, 6.07) is 3.08. The lowest BCUT2D eigenvalue weighted by Gasteiger charge is -2.21. The molecule has 3 nitrogen and oxygen atoms in total. The minimum absolute atomic E-state index is 0.555. The molecule has 0 spiro atoms. The van der Waals surface area contributed by atoms with Gasteiger partial charge in [-0.25, -0.2) is 17.2 Å². The summed E-state index contributed by atoms with van der Waals surface area (Å²) >= 11 is 0. The maximum absolute atomic E-state index is 13.4. The highest BCUT2D eigenvalue weighted by atomic mass is 32.2. The highest BCUT2D eigenvalue weighted by Crippen LogP contribution is 2.23. The number of rotatable bonds is 3. The Morgan fingerprint density at radius 2 is 1.76 bits per heavy atom. The largest absolute Gasteiger partial charge is 0.292 e. The summed E-state index contributed by atoms with van der Waals surface area (Å²) in [6.07, 6.45) is 0.877. The van der Waals surface area contributed by atoms with Crippen LogP contribution in [0.5, 0.6) is 0 Å². The molecule has 0 amide bonds. The van der Waals surface area contributed by atoms with Gasteiger partial charge in [-0.1, -0.05) is 6.07 Å². The molecule has 6 heteroatoms. The fourth-order valence-electron chi connectivity index (χ4n) is 1.17. The van der Waals surface area contributed by atoms with Crippen molar-refractivity contribution in [2.45, 2.75) is 18.6 Å². The van der Waals surface area contributed by atoms with E-state index < -0.39 is 37.6 Å². The molecular formula is C11H12F2O3S. The van der Waals surface area contributed by atoms with Crippen molar-refractivity contribution in [1.29, 1.82) is 0 Å². The Labute approximate surface area is 98.4 Å². The van der Waals surface area contributed by atoms with Crippen LogP contribution >= 0.6 is 0 Å². The third-order valence-electron chi connectivity index (χ3n) is 2.67. The molecule has 1 aromatic rings. The van der Waals surface area contributed by atoms with Crippen LogP contribution in [0, 0.1) is 11.6 Å². The molecule has 0 aliphatic rings. The molecule has 1 aromatic carbocycles. The van der Waals surface area contributed by atoms with E-state index in [1.165, 1.54) is 0 Å². The summed E-state index contributed by atoms with van der Waals surface area (Å²) in [5.74, 6) is -3.47. The van der Waals surface area contributed by atoms with Crippen molar-refractivity contribution >= 4 is 15.6 Å². The number of Topliss-reactive ketones (excluding diaryl/α,β-unsaturated/α-hetero) is 1. The maximum atomic E-state index is 13.4. The first-order chi connectivity index (χ1) is 7.59. The van der Waals surface area contributed by atoms with E-state index in [-0.39, 0.29) is 0 Å². The maximum Gasteiger partial charge on any atom is 0.186 e. The van der Waals surface area contributed by atoms with E-state index in [4.69, 9.17) is 0 Å². The number of hydrogen-bond donors (Lipinski definition) is 0. The van der Waals surface area contributed by atoms with Gasteiger partial charge in [0, 0.05) is 6.26 Å². The van der Waals surface area contributed by atoms with Gasteiger partial charge in [-0.05, 0) is 26.0 Å². The molecule has 0 aliphatic heterocycles. The molecule has 0 fully saturated rings. The van der Waals surface area contributed by atoms with Gasteiger partial charge in [0.1, 0.15) is 4.75 Å². The van der Waals surface area contributed by atoms with Gasteiger partial charge in [0.2, 0.25) is 0 Å². The number of halogens is 2. The van der Waals surface area contributed by atoms with Crippen molar-refractivity contribution in [3.05, 3.63) is 35.4 Å². The van der Waals surface area contributed by atoms with Crippen molar-refractivity contribution in [2.24, 2.45) is 0 Å². The Morgan fingerprint density at radius 1 is 1.24 bits per heavy atom. The topological polar surface area (TPSA) is 51.2 Å². The fourth-order valence-corrected chi connectivity index (χ4v) is 1.62. The minimum atomic E-state index is -3.72. The van der Waals surface area contributed by atoms with Crippen LogP contribution < -0.4 is 0 Å². The lowest BCUT2D eigenvalue weighted by molar-refractivity contribution is 0.0949. The van der Waals surface area contributed by atoms with E-state index >= 15 is 0 Å². The number of benzene rings is 1. The molecule has 0 saturated heterocycles. The summed E-state index contributed by atoms with van der Waals surface area (Å²) in [5.41, 5.74) is -0.555. The molecule has 0 aliphatic carbocycles. The second-order valence-electron chi connectivity index (χ2n) is 4.21. The SMILES string of the molecule is CC(C)(C(=O)c1cccc(F)c1F)S(C)(=O)=O. The van der Waals surface area contributed by atoms with Crippen molar-refractivity contribution in [3.8, 4) is 0 Å². The first-order valence-corrected chi connectivity index (χ1v) is 6.66. The van der Waals surface area contributed by atoms with Gasteiger partial charge >= 0.3 is 0 Å². The van der Waals surface area contributed by atoms with Crippen molar-refractivity contribution in [3.63, 3.8) is 0 Å². The average Bonchev–Trinajstić information content (AvgIpc) is 2.19. The Bertz CT molecular complexity index is 562. The summed E-state index contributed by atoms with van der Waals surface area (Å²) in [7, 11) is -3.72. The molecule has 0 heterocycles. The number of carbonyl (C=O) groups excluding carboxylic acids is 1. The normalized spacial score (nSPS) is 12.5. The van der Waals surface area contributed by atoms with E-state index in [1.54, 1.807) is 0 Å². The average molecular weight is 262 g/mol. The second-order valence-corrected chi connectivity index (χ2v) is 6.78. The van der Waals surface area contributed by atoms with Gasteiger partial charge < -0.3 is 0 Å². The Hall–Kier alpha value is -1.30. The molecule has 0 bridgehead atoms. The van der Waals surface area contributed by atoms with Crippen LogP contribution in [0.2, 0.25) is 0 Å². The zero-order valence-electron chi connectivity index (χ0n) is 9.62. The number of sulfone groups is 1. The fraction of sp³-hybridized carbons (Fsp3) is 0.364. The zero-order valence-corrected chi connectivity index (χ0v) is 10.4. The van der Waals surface area contributed by atoms with Gasteiger partial charge in [-0.3, -0.25) is 4.79 Å². The smallest absolute Gasteiger partial charge is 0.186 e. The molecule has 1 rings (SSSR count). The molecule has 0 saturated carbocycles. The van der Waals surface area contributed by atoms with Gasteiger partial charge in [-0.2, -0.15) is 0 Å². The third kappa shape index (κ3) is 2.36. The first-order valence-electron chi connectivity index (χ1n) is 4.77. The first kappa shape index (κ1) is 13.8. The standard InChI is InChI=1S/C11H12F2O3S/c1-11(2,17(3,15)16)10(14)7-5-4-6-8(12)9(7)13/h4-6H,1-3H3. The molecular weight excluding hydrogens is 250 g/mol. The van der Waals surface area contributed by atoms with E-state index in [2.05, 4.69) is 0 Å². The van der Waals surface area contributed by atoms with E-state index in [0.29, 0.717) is 0 Å². The number of carbonyl (C=O) groups is 1. The zero-order chi connectivity index (χ0) is 13.4. The van der Waals surface area contributed by atoms with Gasteiger partial charge in [0.25, 0.3) is 0 Å². The van der Waals surface area contributed by atoms with Crippen LogP contribution in [0.15, 0.2) is 18.2 Å². The monoisotopic (exact) mass is 262 g/mol. The summed E-state index contributed by atoms with van der Waals surface area (Å²) in [5, 5.41) is 0. The van der Waals surface area contributed by atoms with Crippen LogP contribution in [0.25, 0.3) is 0 Å². The van der Waals surface area contributed by atoms with Crippen LogP contribution in [0.4, 0.5) is 8.78 Å². The minimum Gasteiger partial charge on any atom is -0.292 e. The predicted molar refractivity (Wildman–Crippen MR) is 59.6 cm³/mol. The van der Waals surface area contributed by atoms with Crippen molar-refractivity contribution in [1.82, 2.24) is 0 Å². The second kappa shape index (κ2) is 4.18. The summed E-state index contributed by atoms with van der Waals surface area (Å²) in [4.78, 5) is 11.9. The van der Waals surface area contributed by atoms with Crippen LogP contribution in [-0.2, 0) is 9.84 Å². The molecule has 0 N–H and O–H groups in total. The molecule has 0 radical (unpaired) electrons. The van der Waals surface area contributed by atoms with Gasteiger partial charge in [-0.15, -0.1) is 0 Å². The van der Waals surface area contributed by atoms with Crippen LogP contribution in [-0.4, -0.2) is 25.2 Å². The molecule has 0 aromatic heterocycles. The van der Waals surface area contributed by atoms with E-state index in [9.17, 15) is 22.0 Å². The highest BCUT2D eigenvalue weighted by molar-refractivity contribution is 7.92. The molecule has 0 atom stereocenters. The van der Waals surface area contributed by atoms with Crippen LogP contribution in [0.1, 0.15) is 24.2 Å². The third-order valence-corrected chi connectivity index (χ3v) is 4.71. The molecule has 94 valence electrons. The quantitative estimate of drug-likeness (QED) is 0.782. The Balaban J connectivity index is 3.37. The summed E-state index contributed by atoms with van der Waals surface area (Å²) < 4.78 is 47.4. The van der Waals surface area contributed by atoms with Crippen LogP contribution in [0.3, 0.4) is 0 Å². The Morgan fingerprint density at radius 3 is 2.24 bits per heavy atom. The lowest BCUT2D eigenvalue weighted by Crippen LogP contribution is -2.40. The van der Waals surface area contributed by atoms with E-state index in [0.717, 1.165) is 38.3 Å². The molecule has 0 unspecified atom stereocenters. The number of ketones is 1. The highest BCUT2D eigenvalue weighted by Gasteiger charge is 2.40. The van der Waals surface area contributed by atoms with Gasteiger partial charge in [0.05, 0.1) is 5.56 Å². The van der Waals surface area contributed by atoms with E-state index in [1.807, 2.05) is 0 Å². The van der Waals surface area contributed by atoms with Gasteiger partial charge in [0.15, 0.2) is 27.3 Å². The van der Waals surface area contributed by atoms with Crippen molar-refractivity contribution in [2.75, 3.05) is 6.26 Å². The lowest BCUT2D eigenvalue weighted by atomic mass is 9.99.